The van der Waals surface area contributed by atoms with Crippen molar-refractivity contribution in [2.45, 2.75) is 26.3 Å². The Morgan fingerprint density at radius 2 is 2.25 bits per heavy atom. The fourth-order valence-electron chi connectivity index (χ4n) is 2.79. The molecule has 4 heteroatoms. The third-order valence-corrected chi connectivity index (χ3v) is 3.75. The van der Waals surface area contributed by atoms with Crippen LogP contribution < -0.4 is 0 Å². The lowest BCUT2D eigenvalue weighted by Gasteiger charge is -2.07. The maximum atomic E-state index is 11.8. The van der Waals surface area contributed by atoms with Crippen LogP contribution in [0.3, 0.4) is 0 Å². The summed E-state index contributed by atoms with van der Waals surface area (Å²) in [6.07, 6.45) is 7.15. The highest BCUT2D eigenvalue weighted by Crippen LogP contribution is 2.28. The molecule has 20 heavy (non-hydrogen) atoms. The molecule has 1 heterocycles. The number of hydrogen-bond donors (Lipinski definition) is 0. The summed E-state index contributed by atoms with van der Waals surface area (Å²) in [5.74, 6) is -0.0756. The highest BCUT2D eigenvalue weighted by Gasteiger charge is 2.28. The van der Waals surface area contributed by atoms with E-state index in [4.69, 9.17) is 4.74 Å². The number of carbonyl (C=O) groups is 1. The molecule has 0 spiro atoms. The summed E-state index contributed by atoms with van der Waals surface area (Å²) in [5.41, 5.74) is 3.80. The van der Waals surface area contributed by atoms with Gasteiger partial charge in [0.05, 0.1) is 18.9 Å². The number of hydrogen-bond acceptors (Lipinski definition) is 3. The summed E-state index contributed by atoms with van der Waals surface area (Å²) in [4.78, 5) is 15.9. The van der Waals surface area contributed by atoms with Crippen molar-refractivity contribution in [2.24, 2.45) is 5.92 Å². The molecule has 0 fully saturated rings. The summed E-state index contributed by atoms with van der Waals surface area (Å²) in [7, 11) is 0. The fraction of sp³-hybridized carbons (Fsp3) is 0.375. The summed E-state index contributed by atoms with van der Waals surface area (Å²) in [6, 6.07) is 6.47. The van der Waals surface area contributed by atoms with Crippen LogP contribution in [0.4, 0.5) is 0 Å². The number of rotatable bonds is 4. The Hall–Kier alpha value is -2.10. The number of benzene rings is 1. The zero-order valence-corrected chi connectivity index (χ0v) is 11.6. The van der Waals surface area contributed by atoms with Gasteiger partial charge in [-0.05, 0) is 36.5 Å². The van der Waals surface area contributed by atoms with Crippen molar-refractivity contribution < 1.29 is 9.53 Å². The van der Waals surface area contributed by atoms with Gasteiger partial charge in [0.25, 0.3) is 0 Å². The number of carbonyl (C=O) groups excluding carboxylic acids is 1. The van der Waals surface area contributed by atoms with E-state index >= 15 is 0 Å². The van der Waals surface area contributed by atoms with Crippen molar-refractivity contribution >= 4 is 5.97 Å². The van der Waals surface area contributed by atoms with Gasteiger partial charge in [-0.25, -0.2) is 4.98 Å². The number of fused-ring (bicyclic) bond motifs is 1. The Morgan fingerprint density at radius 1 is 1.40 bits per heavy atom. The third-order valence-electron chi connectivity index (χ3n) is 3.75. The van der Waals surface area contributed by atoms with Gasteiger partial charge in [0.15, 0.2) is 0 Å². The quantitative estimate of drug-likeness (QED) is 0.800. The van der Waals surface area contributed by atoms with Crippen molar-refractivity contribution in [1.29, 1.82) is 0 Å². The van der Waals surface area contributed by atoms with E-state index in [0.29, 0.717) is 6.61 Å². The van der Waals surface area contributed by atoms with Gasteiger partial charge in [-0.1, -0.05) is 18.2 Å². The van der Waals surface area contributed by atoms with Crippen molar-refractivity contribution in [3.8, 4) is 0 Å². The van der Waals surface area contributed by atoms with E-state index in [-0.39, 0.29) is 11.9 Å². The first-order chi connectivity index (χ1) is 9.76. The Bertz CT molecular complexity index is 605. The van der Waals surface area contributed by atoms with Crippen molar-refractivity contribution in [1.82, 2.24) is 9.55 Å². The minimum absolute atomic E-state index is 0.00607. The van der Waals surface area contributed by atoms with Crippen LogP contribution in [0.25, 0.3) is 0 Å². The molecule has 2 aromatic rings. The average molecular weight is 270 g/mol. The second-order valence-corrected chi connectivity index (χ2v) is 5.20. The second-order valence-electron chi connectivity index (χ2n) is 5.20. The van der Waals surface area contributed by atoms with Crippen LogP contribution in [0, 0.1) is 5.92 Å². The topological polar surface area (TPSA) is 44.1 Å². The minimum atomic E-state index is -0.0696. The highest BCUT2D eigenvalue weighted by atomic mass is 16.5. The maximum Gasteiger partial charge on any atom is 0.309 e. The molecule has 1 unspecified atom stereocenters. The Labute approximate surface area is 118 Å². The molecule has 1 aromatic carbocycles. The predicted octanol–water partition coefficient (Wildman–Crippen LogP) is 2.21. The molecule has 1 aliphatic rings. The van der Waals surface area contributed by atoms with Crippen LogP contribution in [0.2, 0.25) is 0 Å². The normalized spacial score (nSPS) is 16.9. The lowest BCUT2D eigenvalue weighted by atomic mass is 10.1. The van der Waals surface area contributed by atoms with Crippen LogP contribution in [-0.2, 0) is 28.9 Å². The third kappa shape index (κ3) is 2.59. The Morgan fingerprint density at radius 3 is 3.00 bits per heavy atom. The van der Waals surface area contributed by atoms with E-state index in [1.54, 1.807) is 6.20 Å². The van der Waals surface area contributed by atoms with Gasteiger partial charge in [0, 0.05) is 18.9 Å². The first kappa shape index (κ1) is 12.9. The van der Waals surface area contributed by atoms with E-state index in [2.05, 4.69) is 23.2 Å². The van der Waals surface area contributed by atoms with Gasteiger partial charge in [-0.15, -0.1) is 0 Å². The summed E-state index contributed by atoms with van der Waals surface area (Å²) in [5, 5.41) is 0. The molecule has 0 saturated carbocycles. The van der Waals surface area contributed by atoms with Gasteiger partial charge in [-0.3, -0.25) is 4.79 Å². The van der Waals surface area contributed by atoms with Crippen molar-refractivity contribution in [3.63, 3.8) is 0 Å². The molecule has 4 nitrogen and oxygen atoms in total. The monoisotopic (exact) mass is 270 g/mol. The smallest absolute Gasteiger partial charge is 0.309 e. The van der Waals surface area contributed by atoms with Crippen LogP contribution in [-0.4, -0.2) is 22.1 Å². The standard InChI is InChI=1S/C16H18N2O2/c1-2-20-16(19)15-8-13-4-3-12(7-14(13)9-15)10-18-6-5-17-11-18/h3-7,11,15H,2,8-10H2,1H3. The molecule has 1 aromatic heterocycles. The minimum Gasteiger partial charge on any atom is -0.466 e. The van der Waals surface area contributed by atoms with Gasteiger partial charge in [-0.2, -0.15) is 0 Å². The second kappa shape index (κ2) is 5.49. The molecule has 1 atom stereocenters. The van der Waals surface area contributed by atoms with Crippen LogP contribution in [0.1, 0.15) is 23.6 Å². The van der Waals surface area contributed by atoms with Crippen LogP contribution >= 0.6 is 0 Å². The number of imidazole rings is 1. The van der Waals surface area contributed by atoms with Gasteiger partial charge in [0.1, 0.15) is 0 Å². The SMILES string of the molecule is CCOC(=O)C1Cc2ccc(Cn3ccnc3)cc2C1. The van der Waals surface area contributed by atoms with E-state index in [1.807, 2.05) is 24.0 Å². The van der Waals surface area contributed by atoms with Gasteiger partial charge >= 0.3 is 5.97 Å². The summed E-state index contributed by atoms with van der Waals surface area (Å²) in [6.45, 7) is 3.12. The summed E-state index contributed by atoms with van der Waals surface area (Å²) >= 11 is 0. The molecule has 104 valence electrons. The van der Waals surface area contributed by atoms with Crippen molar-refractivity contribution in [2.75, 3.05) is 6.61 Å². The molecule has 0 amide bonds. The van der Waals surface area contributed by atoms with Crippen molar-refractivity contribution in [3.05, 3.63) is 53.6 Å². The molecule has 1 aliphatic carbocycles. The molecule has 0 saturated heterocycles. The lowest BCUT2D eigenvalue weighted by Crippen LogP contribution is -2.17. The largest absolute Gasteiger partial charge is 0.466 e. The molecule has 0 radical (unpaired) electrons. The van der Waals surface area contributed by atoms with E-state index in [1.165, 1.54) is 16.7 Å². The van der Waals surface area contributed by atoms with Gasteiger partial charge < -0.3 is 9.30 Å². The highest BCUT2D eigenvalue weighted by molar-refractivity contribution is 5.74. The summed E-state index contributed by atoms with van der Waals surface area (Å²) < 4.78 is 7.16. The Kier molecular flexibility index (Phi) is 3.54. The molecule has 3 rings (SSSR count). The molecular formula is C16H18N2O2. The predicted molar refractivity (Wildman–Crippen MR) is 75.3 cm³/mol. The zero-order valence-electron chi connectivity index (χ0n) is 11.6. The molecule has 0 N–H and O–H groups in total. The van der Waals surface area contributed by atoms with Crippen LogP contribution in [0.15, 0.2) is 36.9 Å². The average Bonchev–Trinajstić information content (AvgIpc) is 3.07. The Balaban J connectivity index is 1.73. The molecule has 0 aliphatic heterocycles. The van der Waals surface area contributed by atoms with E-state index < -0.39 is 0 Å². The number of nitrogens with zero attached hydrogens (tertiary/aromatic N) is 2. The lowest BCUT2D eigenvalue weighted by molar-refractivity contribution is -0.147. The molecular weight excluding hydrogens is 252 g/mol. The zero-order chi connectivity index (χ0) is 13.9. The fourth-order valence-corrected chi connectivity index (χ4v) is 2.79. The molecule has 0 bridgehead atoms. The first-order valence-corrected chi connectivity index (χ1v) is 6.99. The first-order valence-electron chi connectivity index (χ1n) is 6.99. The number of esters is 1. The van der Waals surface area contributed by atoms with Crippen LogP contribution in [0.5, 0.6) is 0 Å². The number of aromatic nitrogens is 2. The van der Waals surface area contributed by atoms with E-state index in [9.17, 15) is 4.79 Å². The number of ether oxygens (including phenoxy) is 1. The maximum absolute atomic E-state index is 11.8. The van der Waals surface area contributed by atoms with E-state index in [0.717, 1.165) is 19.4 Å². The van der Waals surface area contributed by atoms with Gasteiger partial charge in [0.2, 0.25) is 0 Å².